The van der Waals surface area contributed by atoms with Crippen LogP contribution in [-0.4, -0.2) is 56.4 Å². The first-order chi connectivity index (χ1) is 18.0. The third-order valence-electron chi connectivity index (χ3n) is 4.76. The van der Waals surface area contributed by atoms with E-state index in [4.69, 9.17) is 19.7 Å². The highest BCUT2D eigenvalue weighted by Crippen LogP contribution is 2.07. The second-order valence-corrected chi connectivity index (χ2v) is 9.16. The summed E-state index contributed by atoms with van der Waals surface area (Å²) in [7, 11) is 0. The topological polar surface area (TPSA) is 177 Å². The smallest absolute Gasteiger partial charge is 0.408 e. The quantitative estimate of drug-likeness (QED) is 0.316. The molecule has 4 N–H and O–H groups in total. The van der Waals surface area contributed by atoms with E-state index in [2.05, 4.69) is 20.6 Å². The summed E-state index contributed by atoms with van der Waals surface area (Å²) in [5.74, 6) is -1.80. The van der Waals surface area contributed by atoms with Crippen LogP contribution in [-0.2, 0) is 32.3 Å². The van der Waals surface area contributed by atoms with E-state index >= 15 is 0 Å². The van der Waals surface area contributed by atoms with E-state index in [1.165, 1.54) is 0 Å². The molecule has 12 nitrogen and oxygen atoms in total. The lowest BCUT2D eigenvalue weighted by atomic mass is 10.0. The predicted octanol–water partition coefficient (Wildman–Crippen LogP) is 3.61. The van der Waals surface area contributed by atoms with Crippen molar-refractivity contribution in [2.75, 3.05) is 0 Å². The van der Waals surface area contributed by atoms with Gasteiger partial charge in [-0.25, -0.2) is 19.2 Å². The summed E-state index contributed by atoms with van der Waals surface area (Å²) in [6.45, 7) is 7.62. The fourth-order valence-electron chi connectivity index (χ4n) is 3.01. The van der Waals surface area contributed by atoms with Gasteiger partial charge in [0.2, 0.25) is 0 Å². The van der Waals surface area contributed by atoms with Gasteiger partial charge in [0.1, 0.15) is 25.3 Å². The van der Waals surface area contributed by atoms with E-state index in [0.29, 0.717) is 18.5 Å². The Labute approximate surface area is 221 Å². The van der Waals surface area contributed by atoms with E-state index in [9.17, 15) is 19.2 Å². The summed E-state index contributed by atoms with van der Waals surface area (Å²) >= 11 is 0. The molecule has 0 bridgehead atoms. The van der Waals surface area contributed by atoms with Crippen LogP contribution in [0.4, 0.5) is 9.59 Å². The van der Waals surface area contributed by atoms with Crippen LogP contribution in [0.25, 0.3) is 0 Å². The standard InChI is InChI=1S/2C13H18N2O4/c1-9(2)6-11(12(16)17)15-13(18)19-8-10-4-3-5-14-7-10;1-9(2)7-11(12(16)17)15-13(18)19-8-10-5-3-4-6-14-10/h3-5,7,9,11H,6,8H2,1-2H3,(H,15,18)(H,16,17);3-6,9,11H,7-8H2,1-2H3,(H,15,18)(H,16,17). The number of carbonyl (C=O) groups is 4. The minimum absolute atomic E-state index is 0.0146. The molecule has 0 aromatic carbocycles. The van der Waals surface area contributed by atoms with Crippen molar-refractivity contribution in [1.29, 1.82) is 0 Å². The van der Waals surface area contributed by atoms with Crippen molar-refractivity contribution in [3.05, 3.63) is 60.2 Å². The Bertz CT molecular complexity index is 921. The zero-order valence-corrected chi connectivity index (χ0v) is 22.0. The fourth-order valence-corrected chi connectivity index (χ4v) is 3.01. The molecule has 0 aliphatic carbocycles. The highest BCUT2D eigenvalue weighted by Gasteiger charge is 2.22. The van der Waals surface area contributed by atoms with Crippen LogP contribution >= 0.6 is 0 Å². The van der Waals surface area contributed by atoms with E-state index in [1.54, 1.807) is 48.9 Å². The molecule has 38 heavy (non-hydrogen) atoms. The summed E-state index contributed by atoms with van der Waals surface area (Å²) in [5.41, 5.74) is 1.35. The van der Waals surface area contributed by atoms with Crippen LogP contribution in [0.1, 0.15) is 51.8 Å². The molecule has 2 aromatic heterocycles. The predicted molar refractivity (Wildman–Crippen MR) is 137 cm³/mol. The third kappa shape index (κ3) is 14.4. The maximum atomic E-state index is 11.5. The summed E-state index contributed by atoms with van der Waals surface area (Å²) in [5, 5.41) is 22.6. The van der Waals surface area contributed by atoms with Crippen molar-refractivity contribution in [3.8, 4) is 0 Å². The van der Waals surface area contributed by atoms with Crippen LogP contribution < -0.4 is 10.6 Å². The molecule has 208 valence electrons. The maximum Gasteiger partial charge on any atom is 0.408 e. The van der Waals surface area contributed by atoms with Crippen molar-refractivity contribution >= 4 is 24.1 Å². The lowest BCUT2D eigenvalue weighted by Gasteiger charge is -2.16. The highest BCUT2D eigenvalue weighted by atomic mass is 16.6. The molecule has 2 unspecified atom stereocenters. The molecule has 2 heterocycles. The number of amides is 2. The number of nitrogens with zero attached hydrogens (tertiary/aromatic N) is 2. The number of carboxylic acid groups (broad SMARTS) is 2. The number of hydrogen-bond donors (Lipinski definition) is 4. The van der Waals surface area contributed by atoms with Gasteiger partial charge in [0.05, 0.1) is 5.69 Å². The summed E-state index contributed by atoms with van der Waals surface area (Å²) < 4.78 is 9.85. The fraction of sp³-hybridized carbons (Fsp3) is 0.462. The van der Waals surface area contributed by atoms with Gasteiger partial charge in [0.25, 0.3) is 0 Å². The first-order valence-corrected chi connectivity index (χ1v) is 12.1. The molecule has 2 amide bonds. The van der Waals surface area contributed by atoms with Crippen molar-refractivity contribution in [2.24, 2.45) is 11.8 Å². The molecular weight excluding hydrogens is 496 g/mol. The van der Waals surface area contributed by atoms with Gasteiger partial charge in [-0.2, -0.15) is 0 Å². The van der Waals surface area contributed by atoms with Crippen molar-refractivity contribution in [1.82, 2.24) is 20.6 Å². The van der Waals surface area contributed by atoms with Gasteiger partial charge < -0.3 is 30.3 Å². The number of aliphatic carboxylic acids is 2. The Kier molecular flexibility index (Phi) is 14.5. The number of rotatable bonds is 12. The van der Waals surface area contributed by atoms with E-state index < -0.39 is 36.2 Å². The van der Waals surface area contributed by atoms with Gasteiger partial charge in [0, 0.05) is 24.2 Å². The molecule has 2 atom stereocenters. The zero-order chi connectivity index (χ0) is 28.5. The number of pyridine rings is 2. The Hall–Kier alpha value is -4.22. The molecule has 0 aliphatic rings. The molecule has 0 aliphatic heterocycles. The molecule has 12 heteroatoms. The van der Waals surface area contributed by atoms with Crippen LogP contribution in [0.3, 0.4) is 0 Å². The summed E-state index contributed by atoms with van der Waals surface area (Å²) in [4.78, 5) is 52.8. The van der Waals surface area contributed by atoms with Gasteiger partial charge in [-0.3, -0.25) is 9.97 Å². The zero-order valence-electron chi connectivity index (χ0n) is 22.0. The van der Waals surface area contributed by atoms with Gasteiger partial charge in [-0.05, 0) is 42.9 Å². The maximum absolute atomic E-state index is 11.5. The average Bonchev–Trinajstić information content (AvgIpc) is 2.86. The van der Waals surface area contributed by atoms with E-state index in [0.717, 1.165) is 5.56 Å². The number of nitrogens with one attached hydrogen (secondary N) is 2. The van der Waals surface area contributed by atoms with Gasteiger partial charge in [-0.15, -0.1) is 0 Å². The second kappa shape index (κ2) is 17.3. The molecule has 0 saturated heterocycles. The van der Waals surface area contributed by atoms with Gasteiger partial charge >= 0.3 is 24.1 Å². The molecular formula is C26H36N4O8. The minimum atomic E-state index is -1.07. The Morgan fingerprint density at radius 2 is 1.34 bits per heavy atom. The number of alkyl carbamates (subject to hydrolysis) is 2. The van der Waals surface area contributed by atoms with E-state index in [-0.39, 0.29) is 25.0 Å². The molecule has 2 aromatic rings. The normalized spacial score (nSPS) is 11.9. The molecule has 2 rings (SSSR count). The van der Waals surface area contributed by atoms with Crippen molar-refractivity contribution < 1.29 is 38.9 Å². The van der Waals surface area contributed by atoms with E-state index in [1.807, 2.05) is 27.7 Å². The largest absolute Gasteiger partial charge is 0.480 e. The molecule has 0 saturated carbocycles. The SMILES string of the molecule is CC(C)CC(NC(=O)OCc1ccccn1)C(=O)O.CC(C)CC(NC(=O)OCc1cccnc1)C(=O)O. The Morgan fingerprint density at radius 1 is 0.789 bits per heavy atom. The number of carboxylic acids is 2. The number of ether oxygens (including phenoxy) is 2. The summed E-state index contributed by atoms with van der Waals surface area (Å²) in [6.07, 6.45) is 4.01. The lowest BCUT2D eigenvalue weighted by Crippen LogP contribution is -2.41. The van der Waals surface area contributed by atoms with Crippen LogP contribution in [0, 0.1) is 11.8 Å². The second-order valence-electron chi connectivity index (χ2n) is 9.16. The first-order valence-electron chi connectivity index (χ1n) is 12.1. The molecule has 0 fully saturated rings. The van der Waals surface area contributed by atoms with Crippen LogP contribution in [0.5, 0.6) is 0 Å². The molecule has 0 spiro atoms. The highest BCUT2D eigenvalue weighted by molar-refractivity contribution is 5.80. The van der Waals surface area contributed by atoms with Crippen LogP contribution in [0.15, 0.2) is 48.9 Å². The monoisotopic (exact) mass is 532 g/mol. The molecule has 0 radical (unpaired) electrons. The lowest BCUT2D eigenvalue weighted by molar-refractivity contribution is -0.140. The van der Waals surface area contributed by atoms with Crippen LogP contribution in [0.2, 0.25) is 0 Å². The van der Waals surface area contributed by atoms with Crippen molar-refractivity contribution in [3.63, 3.8) is 0 Å². The minimum Gasteiger partial charge on any atom is -0.480 e. The first kappa shape index (κ1) is 31.8. The van der Waals surface area contributed by atoms with Crippen molar-refractivity contribution in [2.45, 2.75) is 65.8 Å². The Balaban J connectivity index is 0.000000380. The van der Waals surface area contributed by atoms with Gasteiger partial charge in [-0.1, -0.05) is 39.8 Å². The number of aromatic nitrogens is 2. The number of carbonyl (C=O) groups excluding carboxylic acids is 2. The Morgan fingerprint density at radius 3 is 1.76 bits per heavy atom. The van der Waals surface area contributed by atoms with Gasteiger partial charge in [0.15, 0.2) is 0 Å². The number of hydrogen-bond acceptors (Lipinski definition) is 8. The average molecular weight is 533 g/mol. The third-order valence-corrected chi connectivity index (χ3v) is 4.76. The summed E-state index contributed by atoms with van der Waals surface area (Å²) in [6, 6.07) is 6.89.